The molecule has 1 heterocycles. The summed E-state index contributed by atoms with van der Waals surface area (Å²) in [7, 11) is -1.67. The lowest BCUT2D eigenvalue weighted by atomic mass is 10.3. The molecule has 0 aliphatic carbocycles. The van der Waals surface area contributed by atoms with Crippen molar-refractivity contribution in [2.24, 2.45) is 4.99 Å². The Kier molecular flexibility index (Phi) is 6.81. The maximum absolute atomic E-state index is 12.3. The molecule has 25 heavy (non-hydrogen) atoms. The molecule has 2 rings (SSSR count). The van der Waals surface area contributed by atoms with Gasteiger partial charge in [-0.15, -0.1) is 0 Å². The lowest BCUT2D eigenvalue weighted by Gasteiger charge is -2.18. The second-order valence-electron chi connectivity index (χ2n) is 5.95. The molecule has 1 saturated heterocycles. The van der Waals surface area contributed by atoms with Crippen molar-refractivity contribution in [1.29, 1.82) is 0 Å². The first-order chi connectivity index (χ1) is 12.0. The van der Waals surface area contributed by atoms with Crippen LogP contribution in [0.25, 0.3) is 0 Å². The number of rotatable bonds is 6. The summed E-state index contributed by atoms with van der Waals surface area (Å²) in [6, 6.07) is 8.54. The van der Waals surface area contributed by atoms with Crippen LogP contribution in [-0.2, 0) is 14.6 Å². The van der Waals surface area contributed by atoms with Gasteiger partial charge >= 0.3 is 0 Å². The van der Waals surface area contributed by atoms with Gasteiger partial charge in [0.25, 0.3) is 0 Å². The first-order valence-corrected chi connectivity index (χ1v) is 10.1. The molecule has 1 unspecified atom stereocenters. The van der Waals surface area contributed by atoms with Crippen molar-refractivity contribution in [3.05, 3.63) is 30.3 Å². The van der Waals surface area contributed by atoms with Crippen molar-refractivity contribution in [3.8, 4) is 0 Å². The molecule has 7 nitrogen and oxygen atoms in total. The Morgan fingerprint density at radius 1 is 1.32 bits per heavy atom. The molecule has 1 atom stereocenters. The highest BCUT2D eigenvalue weighted by molar-refractivity contribution is 7.91. The van der Waals surface area contributed by atoms with Gasteiger partial charge in [0, 0.05) is 39.1 Å². The molecule has 1 aromatic rings. The smallest absolute Gasteiger partial charge is 0.222 e. The van der Waals surface area contributed by atoms with E-state index < -0.39 is 9.84 Å². The second kappa shape index (κ2) is 8.84. The van der Waals surface area contributed by atoms with E-state index >= 15 is 0 Å². The zero-order chi connectivity index (χ0) is 18.3. The summed E-state index contributed by atoms with van der Waals surface area (Å²) in [5.74, 6) is 0.697. The van der Waals surface area contributed by atoms with Crippen molar-refractivity contribution in [2.45, 2.75) is 30.7 Å². The third-order valence-electron chi connectivity index (χ3n) is 4.17. The predicted molar refractivity (Wildman–Crippen MR) is 98.3 cm³/mol. The Morgan fingerprint density at radius 3 is 2.68 bits per heavy atom. The number of benzene rings is 1. The molecule has 1 aliphatic heterocycles. The van der Waals surface area contributed by atoms with Crippen molar-refractivity contribution in [2.75, 3.05) is 32.4 Å². The van der Waals surface area contributed by atoms with Crippen LogP contribution in [0.15, 0.2) is 40.2 Å². The number of amides is 1. The van der Waals surface area contributed by atoms with Crippen LogP contribution in [0.4, 0.5) is 0 Å². The molecule has 0 radical (unpaired) electrons. The summed E-state index contributed by atoms with van der Waals surface area (Å²) < 4.78 is 24.5. The maximum Gasteiger partial charge on any atom is 0.222 e. The Morgan fingerprint density at radius 2 is 2.04 bits per heavy atom. The molecule has 8 heteroatoms. The number of carbonyl (C=O) groups excluding carboxylic acids is 1. The van der Waals surface area contributed by atoms with Crippen LogP contribution in [0.1, 0.15) is 19.8 Å². The van der Waals surface area contributed by atoms with Gasteiger partial charge < -0.3 is 15.5 Å². The Bertz CT molecular complexity index is 704. The summed E-state index contributed by atoms with van der Waals surface area (Å²) in [4.78, 5) is 18.0. The number of hydrogen-bond donors (Lipinski definition) is 2. The standard InChI is InChI=1S/C17H26N4O3S/c1-3-16(22)21-11-9-14(13-21)20-17(18-2)19-10-12-25(23,24)15-7-5-4-6-8-15/h4-8,14H,3,9-13H2,1-2H3,(H2,18,19,20). The van der Waals surface area contributed by atoms with E-state index in [0.29, 0.717) is 23.8 Å². The highest BCUT2D eigenvalue weighted by Crippen LogP contribution is 2.11. The van der Waals surface area contributed by atoms with Gasteiger partial charge in [-0.1, -0.05) is 25.1 Å². The van der Waals surface area contributed by atoms with Crippen molar-refractivity contribution in [3.63, 3.8) is 0 Å². The molecule has 138 valence electrons. The average Bonchev–Trinajstić information content (AvgIpc) is 3.09. The van der Waals surface area contributed by atoms with Crippen LogP contribution in [0, 0.1) is 0 Å². The molecule has 1 aliphatic rings. The molecule has 1 amide bonds. The number of likely N-dealkylation sites (tertiary alicyclic amines) is 1. The first kappa shape index (κ1) is 19.2. The minimum absolute atomic E-state index is 0.0111. The molecule has 0 saturated carbocycles. The van der Waals surface area contributed by atoms with Gasteiger partial charge in [-0.25, -0.2) is 8.42 Å². The normalized spacial score (nSPS) is 18.2. The van der Waals surface area contributed by atoms with Gasteiger partial charge in [-0.3, -0.25) is 9.79 Å². The quantitative estimate of drug-likeness (QED) is 0.569. The monoisotopic (exact) mass is 366 g/mol. The second-order valence-corrected chi connectivity index (χ2v) is 8.06. The molecular weight excluding hydrogens is 340 g/mol. The molecule has 1 fully saturated rings. The fraction of sp³-hybridized carbons (Fsp3) is 0.529. The van der Waals surface area contributed by atoms with E-state index in [1.165, 1.54) is 0 Å². The van der Waals surface area contributed by atoms with Crippen LogP contribution in [-0.4, -0.2) is 63.7 Å². The number of hydrogen-bond acceptors (Lipinski definition) is 4. The Balaban J connectivity index is 1.81. The number of aliphatic imine (C=N–C) groups is 1. The van der Waals surface area contributed by atoms with Gasteiger partial charge in [0.1, 0.15) is 0 Å². The van der Waals surface area contributed by atoms with Gasteiger partial charge in [0.15, 0.2) is 15.8 Å². The molecule has 2 N–H and O–H groups in total. The van der Waals surface area contributed by atoms with Crippen LogP contribution < -0.4 is 10.6 Å². The molecule has 0 aromatic heterocycles. The lowest BCUT2D eigenvalue weighted by Crippen LogP contribution is -2.46. The zero-order valence-corrected chi connectivity index (χ0v) is 15.6. The van der Waals surface area contributed by atoms with E-state index in [2.05, 4.69) is 15.6 Å². The number of carbonyl (C=O) groups is 1. The number of nitrogens with zero attached hydrogens (tertiary/aromatic N) is 2. The fourth-order valence-electron chi connectivity index (χ4n) is 2.77. The highest BCUT2D eigenvalue weighted by atomic mass is 32.2. The summed E-state index contributed by atoms with van der Waals surface area (Å²) in [6.07, 6.45) is 1.37. The average molecular weight is 366 g/mol. The number of sulfone groups is 1. The molecule has 0 spiro atoms. The summed E-state index contributed by atoms with van der Waals surface area (Å²) >= 11 is 0. The lowest BCUT2D eigenvalue weighted by molar-refractivity contribution is -0.129. The molecule has 1 aromatic carbocycles. The third kappa shape index (κ3) is 5.45. The van der Waals surface area contributed by atoms with Crippen LogP contribution in [0.2, 0.25) is 0 Å². The largest absolute Gasteiger partial charge is 0.355 e. The topological polar surface area (TPSA) is 90.9 Å². The van der Waals surface area contributed by atoms with E-state index in [0.717, 1.165) is 13.0 Å². The minimum Gasteiger partial charge on any atom is -0.355 e. The number of nitrogens with one attached hydrogen (secondary N) is 2. The summed E-state index contributed by atoms with van der Waals surface area (Å²) in [5.41, 5.74) is 0. The van der Waals surface area contributed by atoms with Crippen molar-refractivity contribution < 1.29 is 13.2 Å². The minimum atomic E-state index is -3.31. The van der Waals surface area contributed by atoms with Crippen molar-refractivity contribution >= 4 is 21.7 Å². The van der Waals surface area contributed by atoms with Crippen LogP contribution in [0.5, 0.6) is 0 Å². The van der Waals surface area contributed by atoms with Crippen LogP contribution in [0.3, 0.4) is 0 Å². The van der Waals surface area contributed by atoms with E-state index in [1.807, 2.05) is 11.8 Å². The third-order valence-corrected chi connectivity index (χ3v) is 5.91. The fourth-order valence-corrected chi connectivity index (χ4v) is 3.94. The maximum atomic E-state index is 12.3. The van der Waals surface area contributed by atoms with Crippen molar-refractivity contribution in [1.82, 2.24) is 15.5 Å². The van der Waals surface area contributed by atoms with Gasteiger partial charge in [0.05, 0.1) is 10.6 Å². The Hall–Kier alpha value is -2.09. The number of guanidine groups is 1. The van der Waals surface area contributed by atoms with E-state index in [-0.39, 0.29) is 24.2 Å². The molecule has 0 bridgehead atoms. The summed E-state index contributed by atoms with van der Waals surface area (Å²) in [6.45, 7) is 3.51. The van der Waals surface area contributed by atoms with Gasteiger partial charge in [-0.05, 0) is 18.6 Å². The molecular formula is C17H26N4O3S. The van der Waals surface area contributed by atoms with E-state index in [1.54, 1.807) is 37.4 Å². The van der Waals surface area contributed by atoms with E-state index in [9.17, 15) is 13.2 Å². The summed E-state index contributed by atoms with van der Waals surface area (Å²) in [5, 5.41) is 6.29. The predicted octanol–water partition coefficient (Wildman–Crippen LogP) is 0.636. The SMILES string of the molecule is CCC(=O)N1CCC(NC(=NC)NCCS(=O)(=O)c2ccccc2)C1. The zero-order valence-electron chi connectivity index (χ0n) is 14.7. The Labute approximate surface area is 149 Å². The van der Waals surface area contributed by atoms with E-state index in [4.69, 9.17) is 0 Å². The van der Waals surface area contributed by atoms with Crippen LogP contribution >= 0.6 is 0 Å². The first-order valence-electron chi connectivity index (χ1n) is 8.49. The van der Waals surface area contributed by atoms with Gasteiger partial charge in [-0.2, -0.15) is 0 Å². The highest BCUT2D eigenvalue weighted by Gasteiger charge is 2.25. The van der Waals surface area contributed by atoms with Gasteiger partial charge in [0.2, 0.25) is 5.91 Å².